The molecular weight excluding hydrogens is 488 g/mol. The Bertz CT molecular complexity index is 981. The van der Waals surface area contributed by atoms with Crippen LogP contribution in [0.15, 0.2) is 90.0 Å². The molecular formula is C33H38Zr-4. The van der Waals surface area contributed by atoms with E-state index in [4.69, 9.17) is 0 Å². The molecule has 0 aromatic heterocycles. The van der Waals surface area contributed by atoms with E-state index < -0.39 is 0 Å². The number of rotatable bonds is 1. The summed E-state index contributed by atoms with van der Waals surface area (Å²) in [5, 5.41) is 0. The fourth-order valence-electron chi connectivity index (χ4n) is 4.08. The topological polar surface area (TPSA) is 0 Å². The summed E-state index contributed by atoms with van der Waals surface area (Å²) in [6.45, 7) is 11.2. The van der Waals surface area contributed by atoms with Gasteiger partial charge in [-0.05, 0) is 6.42 Å². The Kier molecular flexibility index (Phi) is 13.2. The maximum Gasteiger partial charge on any atom is -0.0253 e. The van der Waals surface area contributed by atoms with E-state index in [1.165, 1.54) is 57.6 Å². The molecule has 1 unspecified atom stereocenters. The molecule has 0 amide bonds. The van der Waals surface area contributed by atoms with Crippen molar-refractivity contribution in [1.29, 1.82) is 0 Å². The van der Waals surface area contributed by atoms with Crippen LogP contribution in [-0.4, -0.2) is 4.21 Å². The minimum atomic E-state index is 0. The SMILES string of the molecule is CCC1=[C-]C(C)C=C1C(C)(C)C.[CH2]=[Zr].[CH3-].[c-]1cccc2c1Cc1ccccc1-2.[c-]1ccccc1. The molecule has 1 heteroatoms. The molecule has 0 radical (unpaired) electrons. The second-order valence-corrected chi connectivity index (χ2v) is 9.07. The average molecular weight is 526 g/mol. The number of hydrogen-bond donors (Lipinski definition) is 0. The Morgan fingerprint density at radius 1 is 0.912 bits per heavy atom. The summed E-state index contributed by atoms with van der Waals surface area (Å²) in [5.41, 5.74) is 8.73. The van der Waals surface area contributed by atoms with Crippen LogP contribution in [0.5, 0.6) is 0 Å². The van der Waals surface area contributed by atoms with Crippen molar-refractivity contribution in [3.8, 4) is 11.1 Å². The fraction of sp³-hybridized carbons (Fsp3) is 0.273. The second kappa shape index (κ2) is 15.0. The van der Waals surface area contributed by atoms with Gasteiger partial charge in [0.2, 0.25) is 0 Å². The molecule has 0 saturated carbocycles. The van der Waals surface area contributed by atoms with Crippen molar-refractivity contribution < 1.29 is 24.2 Å². The number of hydrogen-bond acceptors (Lipinski definition) is 0. The molecule has 0 aliphatic heterocycles. The zero-order valence-corrected chi connectivity index (χ0v) is 24.2. The van der Waals surface area contributed by atoms with Gasteiger partial charge in [-0.25, -0.2) is 5.57 Å². The largest absolute Gasteiger partial charge is 0.358 e. The summed E-state index contributed by atoms with van der Waals surface area (Å²) >= 11 is 1.30. The predicted molar refractivity (Wildman–Crippen MR) is 146 cm³/mol. The first-order valence-corrected chi connectivity index (χ1v) is 13.3. The maximum atomic E-state index is 3.48. The summed E-state index contributed by atoms with van der Waals surface area (Å²) in [4.78, 5) is 0. The zero-order chi connectivity index (χ0) is 24.3. The molecule has 0 nitrogen and oxygen atoms in total. The van der Waals surface area contributed by atoms with Gasteiger partial charge in [-0.3, -0.25) is 6.08 Å². The van der Waals surface area contributed by atoms with Crippen molar-refractivity contribution in [2.75, 3.05) is 0 Å². The van der Waals surface area contributed by atoms with Crippen LogP contribution in [0.4, 0.5) is 0 Å². The van der Waals surface area contributed by atoms with Crippen molar-refractivity contribution in [3.63, 3.8) is 0 Å². The van der Waals surface area contributed by atoms with E-state index in [2.05, 4.69) is 99.5 Å². The monoisotopic (exact) mass is 524 g/mol. The quantitative estimate of drug-likeness (QED) is 0.218. The Morgan fingerprint density at radius 3 is 2.09 bits per heavy atom. The summed E-state index contributed by atoms with van der Waals surface area (Å²) in [5.74, 6) is 0.522. The Balaban J connectivity index is 0.000000256. The van der Waals surface area contributed by atoms with Crippen LogP contribution >= 0.6 is 0 Å². The van der Waals surface area contributed by atoms with Crippen LogP contribution in [-0.2, 0) is 30.7 Å². The van der Waals surface area contributed by atoms with Crippen LogP contribution in [0, 0.1) is 37.0 Å². The van der Waals surface area contributed by atoms with Crippen LogP contribution in [0.25, 0.3) is 11.1 Å². The van der Waals surface area contributed by atoms with E-state index in [-0.39, 0.29) is 7.43 Å². The second-order valence-electron chi connectivity index (χ2n) is 9.07. The smallest absolute Gasteiger partial charge is 0.0253 e. The Morgan fingerprint density at radius 2 is 1.56 bits per heavy atom. The summed E-state index contributed by atoms with van der Waals surface area (Å²) in [7, 11) is 0. The van der Waals surface area contributed by atoms with Crippen molar-refractivity contribution in [2.24, 2.45) is 11.3 Å². The van der Waals surface area contributed by atoms with Crippen molar-refractivity contribution in [3.05, 3.63) is 127 Å². The molecule has 178 valence electrons. The third kappa shape index (κ3) is 8.59. The molecule has 1 atom stereocenters. The van der Waals surface area contributed by atoms with Gasteiger partial charge >= 0.3 is 28.4 Å². The molecule has 0 fully saturated rings. The van der Waals surface area contributed by atoms with E-state index in [1.54, 1.807) is 0 Å². The molecule has 2 aliphatic rings. The van der Waals surface area contributed by atoms with Gasteiger partial charge in [0, 0.05) is 0 Å². The van der Waals surface area contributed by atoms with Crippen LogP contribution in [0.3, 0.4) is 0 Å². The van der Waals surface area contributed by atoms with Gasteiger partial charge in [-0.15, -0.1) is 5.56 Å². The molecule has 3 aromatic rings. The van der Waals surface area contributed by atoms with Gasteiger partial charge in [0.15, 0.2) is 0 Å². The van der Waals surface area contributed by atoms with Crippen molar-refractivity contribution in [2.45, 2.75) is 47.5 Å². The molecule has 34 heavy (non-hydrogen) atoms. The molecule has 0 spiro atoms. The van der Waals surface area contributed by atoms with Gasteiger partial charge < -0.3 is 7.43 Å². The van der Waals surface area contributed by atoms with Gasteiger partial charge in [-0.2, -0.15) is 77.9 Å². The summed E-state index contributed by atoms with van der Waals surface area (Å²) in [6.07, 6.45) is 8.00. The van der Waals surface area contributed by atoms with E-state index in [9.17, 15) is 0 Å². The first-order chi connectivity index (χ1) is 15.9. The first-order valence-electron chi connectivity index (χ1n) is 11.6. The van der Waals surface area contributed by atoms with Gasteiger partial charge in [0.25, 0.3) is 0 Å². The minimum absolute atomic E-state index is 0. The number of allylic oxidation sites excluding steroid dienone is 4. The molecule has 3 aromatic carbocycles. The average Bonchev–Trinajstić information content (AvgIpc) is 3.42. The molecule has 0 bridgehead atoms. The number of benzene rings is 3. The van der Waals surface area contributed by atoms with E-state index in [0.717, 1.165) is 12.8 Å². The van der Waals surface area contributed by atoms with Gasteiger partial charge in [0.05, 0.1) is 0 Å². The maximum absolute atomic E-state index is 3.48. The fourth-order valence-corrected chi connectivity index (χ4v) is 4.08. The van der Waals surface area contributed by atoms with Crippen LogP contribution in [0.2, 0.25) is 0 Å². The van der Waals surface area contributed by atoms with Gasteiger partial charge in [-0.1, -0.05) is 87.8 Å². The Hall–Kier alpha value is -2.11. The van der Waals surface area contributed by atoms with E-state index in [0.29, 0.717) is 11.3 Å². The van der Waals surface area contributed by atoms with Crippen molar-refractivity contribution >= 4 is 4.21 Å². The van der Waals surface area contributed by atoms with Crippen LogP contribution in [0.1, 0.15) is 52.2 Å². The predicted octanol–water partition coefficient (Wildman–Crippen LogP) is 8.71. The molecule has 0 saturated heterocycles. The molecule has 0 N–H and O–H groups in total. The molecule has 5 rings (SSSR count). The summed E-state index contributed by atoms with van der Waals surface area (Å²) in [6, 6.07) is 30.6. The minimum Gasteiger partial charge on any atom is -0.358 e. The third-order valence-corrected chi connectivity index (χ3v) is 5.53. The standard InChI is InChI=1S/C13H9.C12H19.C6H5.CH3.CH2.Zr/c1-3-7-12-10(5-1)9-11-6-2-4-8-13(11)12;1-6-10-7-9(2)8-11(10)12(3,4)5;1-2-4-6-5-3-1;;;/h1-5,7-8H,9H2;8-9H,6H2,1-5H3;1-5H;1H3;1H2;/q4*-1;;. The zero-order valence-electron chi connectivity index (χ0n) is 21.7. The number of fused-ring (bicyclic) bond motifs is 3. The third-order valence-electron chi connectivity index (χ3n) is 5.53. The van der Waals surface area contributed by atoms with E-state index >= 15 is 0 Å². The first kappa shape index (κ1) is 29.9. The van der Waals surface area contributed by atoms with Gasteiger partial charge in [0.1, 0.15) is 0 Å². The van der Waals surface area contributed by atoms with Crippen LogP contribution < -0.4 is 0 Å². The van der Waals surface area contributed by atoms with Crippen molar-refractivity contribution in [1.82, 2.24) is 0 Å². The normalized spacial score (nSPS) is 14.6. The molecule has 2 aliphatic carbocycles. The van der Waals surface area contributed by atoms with E-state index in [1.807, 2.05) is 36.4 Å². The molecule has 0 heterocycles. The summed E-state index contributed by atoms with van der Waals surface area (Å²) < 4.78 is 3.34. The Labute approximate surface area is 224 Å².